The van der Waals surface area contributed by atoms with Gasteiger partial charge in [-0.05, 0) is 17.3 Å². The summed E-state index contributed by atoms with van der Waals surface area (Å²) in [6.45, 7) is 7.86. The standard InChI is InChI=1S/C14H24N2O5S/c1-7(2)10(15-22(5,20)21)12(17)16-6-8-9(14(8,3)4)11(16)13(18)19/h7-11,15H,6H2,1-5H3,(H,18,19)/t8-,9-,10-,11-/m0/s1. The van der Waals surface area contributed by atoms with Crippen LogP contribution < -0.4 is 4.72 Å². The number of nitrogens with zero attached hydrogens (tertiary/aromatic N) is 1. The molecular weight excluding hydrogens is 308 g/mol. The number of likely N-dealkylation sites (tertiary alicyclic amines) is 1. The van der Waals surface area contributed by atoms with Gasteiger partial charge in [0.2, 0.25) is 15.9 Å². The van der Waals surface area contributed by atoms with E-state index in [4.69, 9.17) is 0 Å². The van der Waals surface area contributed by atoms with Crippen LogP contribution in [0.5, 0.6) is 0 Å². The smallest absolute Gasteiger partial charge is 0.326 e. The fourth-order valence-corrected chi connectivity index (χ4v) is 4.51. The maximum absolute atomic E-state index is 12.7. The molecule has 0 spiro atoms. The molecule has 8 heteroatoms. The minimum absolute atomic E-state index is 0.0556. The van der Waals surface area contributed by atoms with Crippen molar-refractivity contribution in [3.63, 3.8) is 0 Å². The van der Waals surface area contributed by atoms with Gasteiger partial charge in [-0.1, -0.05) is 27.7 Å². The molecular formula is C14H24N2O5S. The van der Waals surface area contributed by atoms with Crippen LogP contribution in [-0.4, -0.2) is 55.2 Å². The first-order valence-corrected chi connectivity index (χ1v) is 9.27. The van der Waals surface area contributed by atoms with Crippen molar-refractivity contribution in [1.29, 1.82) is 0 Å². The normalized spacial score (nSPS) is 31.0. The van der Waals surface area contributed by atoms with Crippen LogP contribution in [0.4, 0.5) is 0 Å². The van der Waals surface area contributed by atoms with E-state index in [2.05, 4.69) is 4.72 Å². The Balaban J connectivity index is 2.23. The van der Waals surface area contributed by atoms with Crippen LogP contribution in [0.2, 0.25) is 0 Å². The van der Waals surface area contributed by atoms with Crippen LogP contribution in [0.15, 0.2) is 0 Å². The molecule has 1 saturated carbocycles. The highest BCUT2D eigenvalue weighted by atomic mass is 32.2. The fraction of sp³-hybridized carbons (Fsp3) is 0.857. The van der Waals surface area contributed by atoms with Crippen molar-refractivity contribution in [3.05, 3.63) is 0 Å². The lowest BCUT2D eigenvalue weighted by Gasteiger charge is -2.32. The van der Waals surface area contributed by atoms with Crippen LogP contribution >= 0.6 is 0 Å². The summed E-state index contributed by atoms with van der Waals surface area (Å²) in [7, 11) is -3.55. The third kappa shape index (κ3) is 2.86. The van der Waals surface area contributed by atoms with Crippen LogP contribution in [-0.2, 0) is 19.6 Å². The molecule has 2 fully saturated rings. The van der Waals surface area contributed by atoms with E-state index >= 15 is 0 Å². The quantitative estimate of drug-likeness (QED) is 0.745. The lowest BCUT2D eigenvalue weighted by atomic mass is 9.98. The van der Waals surface area contributed by atoms with Gasteiger partial charge >= 0.3 is 5.97 Å². The lowest BCUT2D eigenvalue weighted by molar-refractivity contribution is -0.151. The number of aliphatic carboxylic acids is 1. The molecule has 1 saturated heterocycles. The molecule has 0 radical (unpaired) electrons. The van der Waals surface area contributed by atoms with E-state index < -0.39 is 34.0 Å². The molecule has 7 nitrogen and oxygen atoms in total. The zero-order chi connectivity index (χ0) is 17.0. The lowest BCUT2D eigenvalue weighted by Crippen LogP contribution is -2.55. The summed E-state index contributed by atoms with van der Waals surface area (Å²) < 4.78 is 25.2. The van der Waals surface area contributed by atoms with E-state index in [9.17, 15) is 23.1 Å². The maximum atomic E-state index is 12.7. The van der Waals surface area contributed by atoms with Crippen LogP contribution in [0.3, 0.4) is 0 Å². The molecule has 0 unspecified atom stereocenters. The first-order chi connectivity index (χ1) is 9.88. The number of rotatable bonds is 5. The van der Waals surface area contributed by atoms with Gasteiger partial charge < -0.3 is 10.0 Å². The Morgan fingerprint density at radius 2 is 1.86 bits per heavy atom. The molecule has 1 aliphatic carbocycles. The van der Waals surface area contributed by atoms with Crippen molar-refractivity contribution >= 4 is 21.9 Å². The van der Waals surface area contributed by atoms with Crippen molar-refractivity contribution in [2.45, 2.75) is 39.8 Å². The molecule has 0 aromatic heterocycles. The minimum atomic E-state index is -3.55. The van der Waals surface area contributed by atoms with Crippen molar-refractivity contribution < 1.29 is 23.1 Å². The monoisotopic (exact) mass is 332 g/mol. The molecule has 0 bridgehead atoms. The highest BCUT2D eigenvalue weighted by molar-refractivity contribution is 7.88. The van der Waals surface area contributed by atoms with Gasteiger partial charge in [-0.15, -0.1) is 0 Å². The van der Waals surface area contributed by atoms with Gasteiger partial charge in [0.05, 0.1) is 6.26 Å². The SMILES string of the molecule is CC(C)[C@H](NS(C)(=O)=O)C(=O)N1C[C@H]2[C@@H]([C@H]1C(=O)O)C2(C)C. The maximum Gasteiger partial charge on any atom is 0.326 e. The Morgan fingerprint density at radius 1 is 1.32 bits per heavy atom. The predicted molar refractivity (Wildman–Crippen MR) is 80.5 cm³/mol. The Bertz CT molecular complexity index is 598. The van der Waals surface area contributed by atoms with Gasteiger partial charge in [-0.2, -0.15) is 0 Å². The fourth-order valence-electron chi connectivity index (χ4n) is 3.68. The molecule has 2 N–H and O–H groups in total. The number of amides is 1. The summed E-state index contributed by atoms with van der Waals surface area (Å²) in [5.41, 5.74) is -0.0720. The molecule has 0 aromatic carbocycles. The van der Waals surface area contributed by atoms with Gasteiger partial charge in [0.1, 0.15) is 12.1 Å². The Labute approximate surface area is 131 Å². The second kappa shape index (κ2) is 5.19. The highest BCUT2D eigenvalue weighted by Crippen LogP contribution is 2.64. The third-order valence-electron chi connectivity index (χ3n) is 5.02. The molecule has 1 amide bonds. The second-order valence-electron chi connectivity index (χ2n) is 7.34. The predicted octanol–water partition coefficient (Wildman–Crippen LogP) is 0.128. The Kier molecular flexibility index (Phi) is 4.06. The molecule has 0 aromatic rings. The van der Waals surface area contributed by atoms with E-state index in [0.717, 1.165) is 6.26 Å². The Morgan fingerprint density at radius 3 is 2.27 bits per heavy atom. The molecule has 1 aliphatic heterocycles. The number of hydrogen-bond acceptors (Lipinski definition) is 4. The van der Waals surface area contributed by atoms with E-state index in [1.807, 2.05) is 13.8 Å². The number of hydrogen-bond donors (Lipinski definition) is 2. The summed E-state index contributed by atoms with van der Waals surface area (Å²) in [5.74, 6) is -1.62. The zero-order valence-corrected chi connectivity index (χ0v) is 14.3. The molecule has 2 aliphatic rings. The van der Waals surface area contributed by atoms with E-state index in [0.29, 0.717) is 6.54 Å². The largest absolute Gasteiger partial charge is 0.480 e. The summed E-state index contributed by atoms with van der Waals surface area (Å²) in [4.78, 5) is 25.6. The number of carboxylic acid groups (broad SMARTS) is 1. The van der Waals surface area contributed by atoms with Crippen LogP contribution in [0, 0.1) is 23.2 Å². The second-order valence-corrected chi connectivity index (χ2v) is 9.12. The summed E-state index contributed by atoms with van der Waals surface area (Å²) in [6.07, 6.45) is 0.995. The van der Waals surface area contributed by atoms with E-state index in [-0.39, 0.29) is 23.2 Å². The summed E-state index contributed by atoms with van der Waals surface area (Å²) in [5, 5.41) is 9.48. The number of piperidine rings is 1. The van der Waals surface area contributed by atoms with Gasteiger partial charge in [-0.25, -0.2) is 17.9 Å². The summed E-state index contributed by atoms with van der Waals surface area (Å²) in [6, 6.07) is -1.80. The Hall–Kier alpha value is -1.15. The summed E-state index contributed by atoms with van der Waals surface area (Å²) >= 11 is 0. The number of nitrogens with one attached hydrogen (secondary N) is 1. The average Bonchev–Trinajstić information content (AvgIpc) is 2.74. The number of carbonyl (C=O) groups excluding carboxylic acids is 1. The van der Waals surface area contributed by atoms with Gasteiger partial charge in [-0.3, -0.25) is 4.79 Å². The highest BCUT2D eigenvalue weighted by Gasteiger charge is 2.69. The van der Waals surface area contributed by atoms with Crippen molar-refractivity contribution in [1.82, 2.24) is 9.62 Å². The van der Waals surface area contributed by atoms with Crippen LogP contribution in [0.1, 0.15) is 27.7 Å². The molecule has 4 atom stereocenters. The van der Waals surface area contributed by atoms with Gasteiger partial charge in [0.25, 0.3) is 0 Å². The first-order valence-electron chi connectivity index (χ1n) is 7.38. The van der Waals surface area contributed by atoms with Gasteiger partial charge in [0, 0.05) is 12.5 Å². The minimum Gasteiger partial charge on any atom is -0.480 e. The number of sulfonamides is 1. The van der Waals surface area contributed by atoms with Gasteiger partial charge in [0.15, 0.2) is 0 Å². The number of carbonyl (C=O) groups is 2. The van der Waals surface area contributed by atoms with Crippen molar-refractivity contribution in [3.8, 4) is 0 Å². The topological polar surface area (TPSA) is 104 Å². The zero-order valence-electron chi connectivity index (χ0n) is 13.5. The number of fused-ring (bicyclic) bond motifs is 1. The molecule has 126 valence electrons. The third-order valence-corrected chi connectivity index (χ3v) is 5.70. The van der Waals surface area contributed by atoms with Crippen LogP contribution in [0.25, 0.3) is 0 Å². The molecule has 1 heterocycles. The van der Waals surface area contributed by atoms with Crippen molar-refractivity contribution in [2.24, 2.45) is 23.2 Å². The first kappa shape index (κ1) is 17.2. The van der Waals surface area contributed by atoms with E-state index in [1.165, 1.54) is 4.90 Å². The van der Waals surface area contributed by atoms with Crippen molar-refractivity contribution in [2.75, 3.05) is 12.8 Å². The van der Waals surface area contributed by atoms with E-state index in [1.54, 1.807) is 13.8 Å². The average molecular weight is 332 g/mol. The molecule has 2 rings (SSSR count). The molecule has 22 heavy (non-hydrogen) atoms. The number of carboxylic acids is 1.